The van der Waals surface area contributed by atoms with Gasteiger partial charge in [0.15, 0.2) is 0 Å². The van der Waals surface area contributed by atoms with E-state index < -0.39 is 0 Å². The molecule has 1 saturated heterocycles. The predicted octanol–water partition coefficient (Wildman–Crippen LogP) is 2.02. The largest absolute Gasteiger partial charge is 0.356 e. The molecule has 74 valence electrons. The maximum atomic E-state index is 11.0. The highest BCUT2D eigenvalue weighted by Crippen LogP contribution is 2.17. The maximum Gasteiger partial charge on any atom is 0.220 e. The quantitative estimate of drug-likeness (QED) is 0.794. The van der Waals surface area contributed by atoms with Gasteiger partial charge in [-0.1, -0.05) is 23.7 Å². The summed E-state index contributed by atoms with van der Waals surface area (Å²) in [7, 11) is 0. The summed E-state index contributed by atoms with van der Waals surface area (Å²) in [5.41, 5.74) is 1.25. The van der Waals surface area contributed by atoms with Crippen LogP contribution in [0, 0.1) is 5.92 Å². The Morgan fingerprint density at radius 2 is 2.07 bits per heavy atom. The van der Waals surface area contributed by atoms with Gasteiger partial charge < -0.3 is 5.32 Å². The van der Waals surface area contributed by atoms with Gasteiger partial charge in [-0.15, -0.1) is 0 Å². The highest BCUT2D eigenvalue weighted by atomic mass is 35.5. The monoisotopic (exact) mass is 209 g/mol. The first kappa shape index (κ1) is 9.53. The minimum Gasteiger partial charge on any atom is -0.356 e. The van der Waals surface area contributed by atoms with Gasteiger partial charge in [-0.25, -0.2) is 0 Å². The van der Waals surface area contributed by atoms with Crippen LogP contribution in [0.1, 0.15) is 12.0 Å². The molecule has 0 aromatic heterocycles. The molecule has 0 radical (unpaired) electrons. The van der Waals surface area contributed by atoms with Gasteiger partial charge in [0.2, 0.25) is 5.91 Å². The first-order chi connectivity index (χ1) is 6.74. The second kappa shape index (κ2) is 4.01. The lowest BCUT2D eigenvalue weighted by atomic mass is 9.99. The van der Waals surface area contributed by atoms with Gasteiger partial charge in [0.25, 0.3) is 0 Å². The third-order valence-corrected chi connectivity index (χ3v) is 2.75. The molecule has 1 heterocycles. The minimum atomic E-state index is 0.170. The molecule has 2 nitrogen and oxygen atoms in total. The van der Waals surface area contributed by atoms with Crippen molar-refractivity contribution in [2.24, 2.45) is 5.92 Å². The molecule has 1 aliphatic heterocycles. The summed E-state index contributed by atoms with van der Waals surface area (Å²) in [6.07, 6.45) is 1.61. The van der Waals surface area contributed by atoms with Gasteiger partial charge in [-0.3, -0.25) is 4.79 Å². The molecule has 1 unspecified atom stereocenters. The lowest BCUT2D eigenvalue weighted by Gasteiger charge is -2.06. The first-order valence-electron chi connectivity index (χ1n) is 4.75. The van der Waals surface area contributed by atoms with Gasteiger partial charge in [0.1, 0.15) is 0 Å². The van der Waals surface area contributed by atoms with Crippen LogP contribution in [-0.2, 0) is 11.2 Å². The summed E-state index contributed by atoms with van der Waals surface area (Å²) >= 11 is 5.79. The second-order valence-corrected chi connectivity index (χ2v) is 4.14. The molecule has 0 aliphatic carbocycles. The highest BCUT2D eigenvalue weighted by Gasteiger charge is 2.21. The topological polar surface area (TPSA) is 29.1 Å². The molecule has 1 atom stereocenters. The molecule has 3 heteroatoms. The summed E-state index contributed by atoms with van der Waals surface area (Å²) < 4.78 is 0. The van der Waals surface area contributed by atoms with Crippen LogP contribution in [0.4, 0.5) is 0 Å². The van der Waals surface area contributed by atoms with Gasteiger partial charge in [0.05, 0.1) is 0 Å². The third kappa shape index (κ3) is 2.26. The van der Waals surface area contributed by atoms with Crippen LogP contribution in [-0.4, -0.2) is 12.5 Å². The molecule has 1 N–H and O–H groups in total. The normalized spacial score (nSPS) is 20.9. The second-order valence-electron chi connectivity index (χ2n) is 3.70. The third-order valence-electron chi connectivity index (χ3n) is 2.50. The number of halogens is 1. The Hall–Kier alpha value is -1.02. The van der Waals surface area contributed by atoms with Crippen LogP contribution in [0.5, 0.6) is 0 Å². The Labute approximate surface area is 88.3 Å². The number of nitrogens with one attached hydrogen (secondary N) is 1. The van der Waals surface area contributed by atoms with Crippen molar-refractivity contribution in [1.82, 2.24) is 5.32 Å². The number of carbonyl (C=O) groups is 1. The number of amides is 1. The summed E-state index contributed by atoms with van der Waals surface area (Å²) in [4.78, 5) is 11.0. The van der Waals surface area contributed by atoms with Crippen LogP contribution >= 0.6 is 11.6 Å². The van der Waals surface area contributed by atoms with Crippen molar-refractivity contribution in [3.63, 3.8) is 0 Å². The molecular weight excluding hydrogens is 198 g/mol. The van der Waals surface area contributed by atoms with E-state index in [4.69, 9.17) is 11.6 Å². The molecule has 14 heavy (non-hydrogen) atoms. The molecule has 2 rings (SSSR count). The molecule has 0 spiro atoms. The lowest BCUT2D eigenvalue weighted by molar-refractivity contribution is -0.119. The Bertz CT molecular complexity index is 334. The minimum absolute atomic E-state index is 0.170. The predicted molar refractivity (Wildman–Crippen MR) is 56.3 cm³/mol. The van der Waals surface area contributed by atoms with E-state index in [-0.39, 0.29) is 5.91 Å². The zero-order chi connectivity index (χ0) is 9.97. The fraction of sp³-hybridized carbons (Fsp3) is 0.364. The van der Waals surface area contributed by atoms with E-state index in [9.17, 15) is 4.79 Å². The SMILES string of the molecule is O=C1CC(Cc2ccc(Cl)cc2)CN1. The first-order valence-corrected chi connectivity index (χ1v) is 5.13. The smallest absolute Gasteiger partial charge is 0.220 e. The molecule has 0 bridgehead atoms. The zero-order valence-electron chi connectivity index (χ0n) is 7.79. The Morgan fingerprint density at radius 1 is 1.36 bits per heavy atom. The Kier molecular flexibility index (Phi) is 2.73. The Morgan fingerprint density at radius 3 is 2.64 bits per heavy atom. The van der Waals surface area contributed by atoms with Gasteiger partial charge in [0, 0.05) is 18.0 Å². The van der Waals surface area contributed by atoms with Crippen molar-refractivity contribution in [3.8, 4) is 0 Å². The molecular formula is C11H12ClNO. The Balaban J connectivity index is 1.97. The van der Waals surface area contributed by atoms with Crippen LogP contribution in [0.2, 0.25) is 5.02 Å². The lowest BCUT2D eigenvalue weighted by Crippen LogP contribution is -2.14. The maximum absolute atomic E-state index is 11.0. The van der Waals surface area contributed by atoms with Crippen molar-refractivity contribution in [2.75, 3.05) is 6.54 Å². The van der Waals surface area contributed by atoms with Gasteiger partial charge >= 0.3 is 0 Å². The fourth-order valence-electron chi connectivity index (χ4n) is 1.76. The molecule has 1 aliphatic rings. The van der Waals surface area contributed by atoms with E-state index in [1.54, 1.807) is 0 Å². The number of benzene rings is 1. The molecule has 1 fully saturated rings. The average Bonchev–Trinajstić information content (AvgIpc) is 2.56. The molecule has 1 aromatic rings. The molecule has 1 aromatic carbocycles. The van der Waals surface area contributed by atoms with E-state index >= 15 is 0 Å². The average molecular weight is 210 g/mol. The van der Waals surface area contributed by atoms with E-state index in [0.717, 1.165) is 18.0 Å². The van der Waals surface area contributed by atoms with Crippen molar-refractivity contribution in [3.05, 3.63) is 34.9 Å². The van der Waals surface area contributed by atoms with Crippen LogP contribution in [0.25, 0.3) is 0 Å². The fourth-order valence-corrected chi connectivity index (χ4v) is 1.89. The van der Waals surface area contributed by atoms with E-state index in [1.807, 2.05) is 24.3 Å². The standard InChI is InChI=1S/C11H12ClNO/c12-10-3-1-8(2-4-10)5-9-6-11(14)13-7-9/h1-4,9H,5-7H2,(H,13,14). The summed E-state index contributed by atoms with van der Waals surface area (Å²) in [6, 6.07) is 7.82. The number of carbonyl (C=O) groups excluding carboxylic acids is 1. The van der Waals surface area contributed by atoms with Crippen molar-refractivity contribution < 1.29 is 4.79 Å². The van der Waals surface area contributed by atoms with Crippen LogP contribution in [0.15, 0.2) is 24.3 Å². The number of hydrogen-bond acceptors (Lipinski definition) is 1. The van der Waals surface area contributed by atoms with Crippen molar-refractivity contribution >= 4 is 17.5 Å². The van der Waals surface area contributed by atoms with E-state index in [2.05, 4.69) is 5.32 Å². The van der Waals surface area contributed by atoms with Crippen molar-refractivity contribution in [2.45, 2.75) is 12.8 Å². The van der Waals surface area contributed by atoms with Crippen LogP contribution in [0.3, 0.4) is 0 Å². The summed E-state index contributed by atoms with van der Waals surface area (Å²) in [5.74, 6) is 0.618. The van der Waals surface area contributed by atoms with E-state index in [0.29, 0.717) is 12.3 Å². The molecule has 1 amide bonds. The zero-order valence-corrected chi connectivity index (χ0v) is 8.55. The molecule has 0 saturated carbocycles. The number of hydrogen-bond donors (Lipinski definition) is 1. The summed E-state index contributed by atoms with van der Waals surface area (Å²) in [6.45, 7) is 0.807. The van der Waals surface area contributed by atoms with E-state index in [1.165, 1.54) is 5.56 Å². The van der Waals surface area contributed by atoms with Crippen LogP contribution < -0.4 is 5.32 Å². The van der Waals surface area contributed by atoms with Gasteiger partial charge in [-0.2, -0.15) is 0 Å². The number of rotatable bonds is 2. The van der Waals surface area contributed by atoms with Crippen molar-refractivity contribution in [1.29, 1.82) is 0 Å². The highest BCUT2D eigenvalue weighted by molar-refractivity contribution is 6.30. The van der Waals surface area contributed by atoms with Gasteiger partial charge in [-0.05, 0) is 30.0 Å². The summed E-state index contributed by atoms with van der Waals surface area (Å²) in [5, 5.41) is 3.59.